The molecule has 1 aliphatic rings. The van der Waals surface area contributed by atoms with Crippen LogP contribution in [0, 0.1) is 11.8 Å². The first kappa shape index (κ1) is 22.6. The van der Waals surface area contributed by atoms with Crippen LogP contribution in [0.25, 0.3) is 5.82 Å². The van der Waals surface area contributed by atoms with Crippen molar-refractivity contribution in [2.75, 3.05) is 25.0 Å². The molecule has 2 aromatic rings. The number of hydrogen-bond acceptors (Lipinski definition) is 5. The van der Waals surface area contributed by atoms with Crippen molar-refractivity contribution >= 4 is 17.3 Å². The summed E-state index contributed by atoms with van der Waals surface area (Å²) in [6.45, 7) is 9.36. The van der Waals surface area contributed by atoms with Gasteiger partial charge in [0.15, 0.2) is 5.82 Å². The molecule has 0 bridgehead atoms. The summed E-state index contributed by atoms with van der Waals surface area (Å²) in [5, 5.41) is 7.16. The van der Waals surface area contributed by atoms with Gasteiger partial charge in [-0.1, -0.05) is 25.4 Å². The second kappa shape index (κ2) is 8.93. The van der Waals surface area contributed by atoms with Crippen molar-refractivity contribution in [3.05, 3.63) is 45.5 Å². The molecule has 1 fully saturated rings. The largest absolute Gasteiger partial charge is 0.417 e. The van der Waals surface area contributed by atoms with Gasteiger partial charge in [-0.15, -0.1) is 0 Å². The van der Waals surface area contributed by atoms with Gasteiger partial charge in [0.2, 0.25) is 0 Å². The molecule has 0 radical (unpaired) electrons. The Morgan fingerprint density at radius 3 is 2.47 bits per heavy atom. The van der Waals surface area contributed by atoms with E-state index < -0.39 is 17.3 Å². The van der Waals surface area contributed by atoms with E-state index in [4.69, 9.17) is 11.6 Å². The maximum Gasteiger partial charge on any atom is 0.417 e. The molecule has 1 aliphatic heterocycles. The van der Waals surface area contributed by atoms with Crippen LogP contribution < -0.4 is 10.9 Å². The molecule has 6 nitrogen and oxygen atoms in total. The van der Waals surface area contributed by atoms with Gasteiger partial charge < -0.3 is 10.2 Å². The lowest BCUT2D eigenvalue weighted by atomic mass is 9.92. The van der Waals surface area contributed by atoms with E-state index in [-0.39, 0.29) is 16.9 Å². The third kappa shape index (κ3) is 5.31. The summed E-state index contributed by atoms with van der Waals surface area (Å²) in [5.41, 5.74) is -1.17. The molecule has 3 atom stereocenters. The summed E-state index contributed by atoms with van der Waals surface area (Å²) in [5.74, 6) is 1.25. The minimum absolute atomic E-state index is 0.0289. The van der Waals surface area contributed by atoms with Crippen LogP contribution in [-0.4, -0.2) is 45.3 Å². The van der Waals surface area contributed by atoms with Crippen LogP contribution in [0.2, 0.25) is 5.02 Å². The van der Waals surface area contributed by atoms with Crippen molar-refractivity contribution < 1.29 is 13.2 Å². The molecular weight excluding hydrogens is 419 g/mol. The summed E-state index contributed by atoms with van der Waals surface area (Å²) >= 11 is 6.23. The van der Waals surface area contributed by atoms with Gasteiger partial charge in [0.1, 0.15) is 5.02 Å². The fourth-order valence-corrected chi connectivity index (χ4v) is 4.20. The Morgan fingerprint density at radius 2 is 1.90 bits per heavy atom. The Morgan fingerprint density at radius 1 is 1.23 bits per heavy atom. The van der Waals surface area contributed by atoms with Crippen molar-refractivity contribution in [3.8, 4) is 5.82 Å². The number of nitrogens with one attached hydrogen (secondary N) is 1. The van der Waals surface area contributed by atoms with Crippen molar-refractivity contribution in [1.29, 1.82) is 0 Å². The minimum atomic E-state index is -4.50. The number of anilines is 1. The zero-order valence-corrected chi connectivity index (χ0v) is 17.8. The molecule has 0 amide bonds. The molecule has 164 valence electrons. The second-order valence-corrected chi connectivity index (χ2v) is 8.58. The standard InChI is InChI=1S/C20H25ClF3N5O/c1-12-6-13(2)10-28(9-12)11-14(3)27-16-8-26-29(19(30)18(16)21)17-5-4-15(7-25-17)20(22,23)24/h4-5,7-8,12-14,27H,6,9-11H2,1-3H3. The lowest BCUT2D eigenvalue weighted by molar-refractivity contribution is -0.137. The summed E-state index contributed by atoms with van der Waals surface area (Å²) in [6, 6.07) is 1.96. The van der Waals surface area contributed by atoms with E-state index in [1.807, 2.05) is 6.92 Å². The van der Waals surface area contributed by atoms with Gasteiger partial charge in [0, 0.05) is 31.9 Å². The van der Waals surface area contributed by atoms with Crippen LogP contribution in [0.15, 0.2) is 29.3 Å². The first-order valence-corrected chi connectivity index (χ1v) is 10.2. The number of rotatable bonds is 5. The quantitative estimate of drug-likeness (QED) is 0.754. The number of aromatic nitrogens is 3. The lowest BCUT2D eigenvalue weighted by Gasteiger charge is -2.36. The topological polar surface area (TPSA) is 63.1 Å². The predicted molar refractivity (Wildman–Crippen MR) is 110 cm³/mol. The third-order valence-electron chi connectivity index (χ3n) is 5.09. The first-order valence-electron chi connectivity index (χ1n) is 9.85. The summed E-state index contributed by atoms with van der Waals surface area (Å²) in [4.78, 5) is 18.7. The van der Waals surface area contributed by atoms with Crippen LogP contribution >= 0.6 is 11.6 Å². The normalized spacial score (nSPS) is 21.4. The molecule has 0 saturated carbocycles. The van der Waals surface area contributed by atoms with E-state index in [0.29, 0.717) is 23.7 Å². The van der Waals surface area contributed by atoms with Crippen LogP contribution in [0.3, 0.4) is 0 Å². The molecule has 0 aliphatic carbocycles. The molecule has 10 heteroatoms. The highest BCUT2D eigenvalue weighted by molar-refractivity contribution is 6.32. The van der Waals surface area contributed by atoms with Crippen LogP contribution in [0.5, 0.6) is 0 Å². The first-order chi connectivity index (χ1) is 14.0. The van der Waals surface area contributed by atoms with Gasteiger partial charge in [-0.3, -0.25) is 4.79 Å². The average Bonchev–Trinajstić information content (AvgIpc) is 2.64. The van der Waals surface area contributed by atoms with Gasteiger partial charge in [-0.2, -0.15) is 23.0 Å². The van der Waals surface area contributed by atoms with Gasteiger partial charge in [-0.05, 0) is 37.3 Å². The Hall–Kier alpha value is -2.13. The lowest BCUT2D eigenvalue weighted by Crippen LogP contribution is -2.43. The number of pyridine rings is 1. The van der Waals surface area contributed by atoms with E-state index in [1.54, 1.807) is 0 Å². The molecule has 3 rings (SSSR count). The number of hydrogen-bond donors (Lipinski definition) is 1. The molecule has 3 heterocycles. The van der Waals surface area contributed by atoms with E-state index in [0.717, 1.165) is 36.4 Å². The molecule has 0 spiro atoms. The number of likely N-dealkylation sites (tertiary alicyclic amines) is 1. The molecule has 1 N–H and O–H groups in total. The highest BCUT2D eigenvalue weighted by Gasteiger charge is 2.31. The fourth-order valence-electron chi connectivity index (χ4n) is 4.02. The summed E-state index contributed by atoms with van der Waals surface area (Å²) in [6.07, 6.45) is -1.23. The van der Waals surface area contributed by atoms with Gasteiger partial charge in [-0.25, -0.2) is 4.98 Å². The van der Waals surface area contributed by atoms with E-state index in [1.165, 1.54) is 12.6 Å². The monoisotopic (exact) mass is 443 g/mol. The SMILES string of the molecule is CC1CC(C)CN(CC(C)Nc2cnn(-c3ccc(C(F)(F)F)cn3)c(=O)c2Cl)C1. The third-order valence-corrected chi connectivity index (χ3v) is 5.45. The summed E-state index contributed by atoms with van der Waals surface area (Å²) in [7, 11) is 0. The Balaban J connectivity index is 1.72. The minimum Gasteiger partial charge on any atom is -0.379 e. The van der Waals surface area contributed by atoms with Gasteiger partial charge in [0.05, 0.1) is 17.4 Å². The van der Waals surface area contributed by atoms with Crippen molar-refractivity contribution in [2.24, 2.45) is 11.8 Å². The Bertz CT molecular complexity index is 922. The van der Waals surface area contributed by atoms with E-state index >= 15 is 0 Å². The summed E-state index contributed by atoms with van der Waals surface area (Å²) < 4.78 is 39.0. The van der Waals surface area contributed by atoms with Crippen molar-refractivity contribution in [2.45, 2.75) is 39.4 Å². The number of halogens is 4. The highest BCUT2D eigenvalue weighted by atomic mass is 35.5. The van der Waals surface area contributed by atoms with Gasteiger partial charge >= 0.3 is 6.18 Å². The predicted octanol–water partition coefficient (Wildman–Crippen LogP) is 4.08. The zero-order chi connectivity index (χ0) is 22.1. The Labute approximate surface area is 178 Å². The maximum atomic E-state index is 12.7. The molecule has 1 saturated heterocycles. The fraction of sp³-hybridized carbons (Fsp3) is 0.550. The van der Waals surface area contributed by atoms with Crippen molar-refractivity contribution in [3.63, 3.8) is 0 Å². The van der Waals surface area contributed by atoms with E-state index in [2.05, 4.69) is 34.1 Å². The second-order valence-electron chi connectivity index (χ2n) is 8.20. The molecule has 2 aromatic heterocycles. The molecular formula is C20H25ClF3N5O. The molecule has 0 aromatic carbocycles. The molecule has 3 unspecified atom stereocenters. The van der Waals surface area contributed by atoms with Gasteiger partial charge in [0.25, 0.3) is 5.56 Å². The van der Waals surface area contributed by atoms with Crippen LogP contribution in [0.1, 0.15) is 32.8 Å². The number of nitrogens with zero attached hydrogens (tertiary/aromatic N) is 4. The zero-order valence-electron chi connectivity index (χ0n) is 17.1. The average molecular weight is 444 g/mol. The van der Waals surface area contributed by atoms with Crippen LogP contribution in [-0.2, 0) is 6.18 Å². The number of piperidine rings is 1. The van der Waals surface area contributed by atoms with Crippen molar-refractivity contribution in [1.82, 2.24) is 19.7 Å². The highest BCUT2D eigenvalue weighted by Crippen LogP contribution is 2.28. The Kier molecular flexibility index (Phi) is 6.71. The number of alkyl halides is 3. The van der Waals surface area contributed by atoms with Crippen LogP contribution in [0.4, 0.5) is 18.9 Å². The smallest absolute Gasteiger partial charge is 0.379 e. The van der Waals surface area contributed by atoms with E-state index in [9.17, 15) is 18.0 Å². The molecule has 30 heavy (non-hydrogen) atoms. The maximum absolute atomic E-state index is 12.7.